The van der Waals surface area contributed by atoms with Gasteiger partial charge in [-0.05, 0) is 51.9 Å². The van der Waals surface area contributed by atoms with Gasteiger partial charge in [0.15, 0.2) is 0 Å². The molecular weight excluding hydrogens is 304 g/mol. The molecule has 0 bridgehead atoms. The van der Waals surface area contributed by atoms with Gasteiger partial charge in [0.2, 0.25) is 5.91 Å². The van der Waals surface area contributed by atoms with E-state index in [1.54, 1.807) is 11.8 Å². The second kappa shape index (κ2) is 9.00. The summed E-state index contributed by atoms with van der Waals surface area (Å²) in [6, 6.07) is 8.69. The van der Waals surface area contributed by atoms with Gasteiger partial charge in [-0.15, -0.1) is 18.2 Å². The zero-order chi connectivity index (χ0) is 16.7. The summed E-state index contributed by atoms with van der Waals surface area (Å²) in [4.78, 5) is 15.8. The van der Waals surface area contributed by atoms with Crippen molar-refractivity contribution >= 4 is 17.7 Å². The molecule has 4 heteroatoms. The smallest absolute Gasteiger partial charge is 0.223 e. The predicted molar refractivity (Wildman–Crippen MR) is 97.5 cm³/mol. The number of hydrogen-bond donors (Lipinski definition) is 1. The molecule has 124 valence electrons. The first-order valence-corrected chi connectivity index (χ1v) is 9.22. The van der Waals surface area contributed by atoms with E-state index in [4.69, 9.17) is 6.42 Å². The van der Waals surface area contributed by atoms with Crippen LogP contribution in [0.5, 0.6) is 0 Å². The van der Waals surface area contributed by atoms with E-state index in [-0.39, 0.29) is 17.9 Å². The van der Waals surface area contributed by atoms with Crippen molar-refractivity contribution in [3.8, 4) is 12.3 Å². The van der Waals surface area contributed by atoms with Crippen LogP contribution in [0.1, 0.15) is 25.3 Å². The van der Waals surface area contributed by atoms with Gasteiger partial charge in [-0.3, -0.25) is 9.69 Å². The first kappa shape index (κ1) is 17.9. The second-order valence-corrected chi connectivity index (χ2v) is 7.38. The molecule has 1 fully saturated rings. The number of piperidine rings is 1. The summed E-state index contributed by atoms with van der Waals surface area (Å²) in [5.74, 6) is 3.90. The molecule has 1 aliphatic rings. The summed E-state index contributed by atoms with van der Waals surface area (Å²) in [5, 5.41) is 3.16. The van der Waals surface area contributed by atoms with Crippen molar-refractivity contribution < 1.29 is 4.79 Å². The SMILES string of the molecule is C#CCN1CCC(C(=O)N[C@@H](C)CSc2ccc(C)cc2)CC1. The van der Waals surface area contributed by atoms with E-state index in [0.29, 0.717) is 6.54 Å². The number of amides is 1. The van der Waals surface area contributed by atoms with Crippen LogP contribution in [0.25, 0.3) is 0 Å². The average molecular weight is 330 g/mol. The maximum absolute atomic E-state index is 12.3. The number of carbonyl (C=O) groups is 1. The first-order valence-electron chi connectivity index (χ1n) is 8.24. The number of terminal acetylenes is 1. The molecular formula is C19H26N2OS. The van der Waals surface area contributed by atoms with E-state index in [9.17, 15) is 4.79 Å². The van der Waals surface area contributed by atoms with Gasteiger partial charge < -0.3 is 5.32 Å². The Balaban J connectivity index is 1.70. The molecule has 0 aromatic heterocycles. The van der Waals surface area contributed by atoms with Gasteiger partial charge in [-0.1, -0.05) is 23.6 Å². The molecule has 0 spiro atoms. The quantitative estimate of drug-likeness (QED) is 0.643. The molecule has 1 saturated heterocycles. The molecule has 1 aliphatic heterocycles. The Morgan fingerprint density at radius 3 is 2.65 bits per heavy atom. The van der Waals surface area contributed by atoms with E-state index in [1.165, 1.54) is 10.5 Å². The standard InChI is InChI=1S/C19H26N2OS/c1-4-11-21-12-9-17(10-13-21)19(22)20-16(3)14-23-18-7-5-15(2)6-8-18/h1,5-8,16-17H,9-14H2,2-3H3,(H,20,22)/t16-/m0/s1. The van der Waals surface area contributed by atoms with Gasteiger partial charge in [-0.2, -0.15) is 0 Å². The van der Waals surface area contributed by atoms with Crippen molar-refractivity contribution in [3.05, 3.63) is 29.8 Å². The molecule has 0 saturated carbocycles. The molecule has 1 atom stereocenters. The van der Waals surface area contributed by atoms with E-state index in [0.717, 1.165) is 31.7 Å². The van der Waals surface area contributed by atoms with Crippen LogP contribution in [0.3, 0.4) is 0 Å². The van der Waals surface area contributed by atoms with Gasteiger partial charge in [0.05, 0.1) is 6.54 Å². The summed E-state index contributed by atoms with van der Waals surface area (Å²) >= 11 is 1.79. The molecule has 1 aromatic carbocycles. The van der Waals surface area contributed by atoms with Gasteiger partial charge >= 0.3 is 0 Å². The number of carbonyl (C=O) groups excluding carboxylic acids is 1. The van der Waals surface area contributed by atoms with Crippen molar-refractivity contribution in [2.75, 3.05) is 25.4 Å². The van der Waals surface area contributed by atoms with Crippen LogP contribution in [0.4, 0.5) is 0 Å². The highest BCUT2D eigenvalue weighted by molar-refractivity contribution is 7.99. The van der Waals surface area contributed by atoms with Gasteiger partial charge in [0.1, 0.15) is 0 Å². The molecule has 1 aromatic rings. The number of thioether (sulfide) groups is 1. The highest BCUT2D eigenvalue weighted by Gasteiger charge is 2.25. The molecule has 1 heterocycles. The third kappa shape index (κ3) is 5.93. The van der Waals surface area contributed by atoms with Crippen molar-refractivity contribution in [2.24, 2.45) is 5.92 Å². The van der Waals surface area contributed by atoms with E-state index in [2.05, 4.69) is 54.3 Å². The predicted octanol–water partition coefficient (Wildman–Crippen LogP) is 2.94. The van der Waals surface area contributed by atoms with Crippen molar-refractivity contribution in [3.63, 3.8) is 0 Å². The number of hydrogen-bond acceptors (Lipinski definition) is 3. The summed E-state index contributed by atoms with van der Waals surface area (Å²) in [5.41, 5.74) is 1.27. The lowest BCUT2D eigenvalue weighted by molar-refractivity contribution is -0.126. The fraction of sp³-hybridized carbons (Fsp3) is 0.526. The van der Waals surface area contributed by atoms with Crippen LogP contribution in [-0.4, -0.2) is 42.2 Å². The lowest BCUT2D eigenvalue weighted by Gasteiger charge is -2.30. The molecule has 0 radical (unpaired) electrons. The number of likely N-dealkylation sites (tertiary alicyclic amines) is 1. The van der Waals surface area contributed by atoms with Gasteiger partial charge in [0, 0.05) is 22.6 Å². The normalized spacial score (nSPS) is 17.4. The number of aryl methyl sites for hydroxylation is 1. The van der Waals surface area contributed by atoms with Crippen molar-refractivity contribution in [2.45, 2.75) is 37.6 Å². The summed E-state index contributed by atoms with van der Waals surface area (Å²) in [6.45, 7) is 6.71. The number of rotatable bonds is 6. The van der Waals surface area contributed by atoms with Crippen molar-refractivity contribution in [1.82, 2.24) is 10.2 Å². The molecule has 0 unspecified atom stereocenters. The molecule has 2 rings (SSSR count). The third-order valence-electron chi connectivity index (χ3n) is 4.18. The minimum absolute atomic E-state index is 0.135. The molecule has 3 nitrogen and oxygen atoms in total. The molecule has 23 heavy (non-hydrogen) atoms. The summed E-state index contributed by atoms with van der Waals surface area (Å²) in [6.07, 6.45) is 7.15. The van der Waals surface area contributed by atoms with Crippen LogP contribution >= 0.6 is 11.8 Å². The average Bonchev–Trinajstić information content (AvgIpc) is 2.55. The maximum Gasteiger partial charge on any atom is 0.223 e. The Hall–Kier alpha value is -1.44. The Morgan fingerprint density at radius 1 is 1.39 bits per heavy atom. The Morgan fingerprint density at radius 2 is 2.04 bits per heavy atom. The second-order valence-electron chi connectivity index (χ2n) is 6.29. The number of nitrogens with one attached hydrogen (secondary N) is 1. The minimum atomic E-state index is 0.135. The fourth-order valence-corrected chi connectivity index (χ4v) is 3.59. The lowest BCUT2D eigenvalue weighted by Crippen LogP contribution is -2.43. The zero-order valence-corrected chi connectivity index (χ0v) is 14.9. The lowest BCUT2D eigenvalue weighted by atomic mass is 9.95. The summed E-state index contributed by atoms with van der Waals surface area (Å²) in [7, 11) is 0. The topological polar surface area (TPSA) is 32.3 Å². The van der Waals surface area contributed by atoms with Crippen molar-refractivity contribution in [1.29, 1.82) is 0 Å². The van der Waals surface area contributed by atoms with Crippen LogP contribution in [0.15, 0.2) is 29.2 Å². The minimum Gasteiger partial charge on any atom is -0.353 e. The Labute approximate surface area is 144 Å². The first-order chi connectivity index (χ1) is 11.1. The monoisotopic (exact) mass is 330 g/mol. The number of benzene rings is 1. The van der Waals surface area contributed by atoms with Crippen LogP contribution in [0, 0.1) is 25.2 Å². The Bertz CT molecular complexity index is 541. The van der Waals surface area contributed by atoms with Crippen LogP contribution < -0.4 is 5.32 Å². The Kier molecular flexibility index (Phi) is 7.01. The van der Waals surface area contributed by atoms with Crippen LogP contribution in [-0.2, 0) is 4.79 Å². The molecule has 0 aliphatic carbocycles. The van der Waals surface area contributed by atoms with Gasteiger partial charge in [0.25, 0.3) is 0 Å². The van der Waals surface area contributed by atoms with Crippen LogP contribution in [0.2, 0.25) is 0 Å². The zero-order valence-electron chi connectivity index (χ0n) is 14.0. The van der Waals surface area contributed by atoms with E-state index in [1.807, 2.05) is 0 Å². The van der Waals surface area contributed by atoms with Gasteiger partial charge in [-0.25, -0.2) is 0 Å². The molecule has 1 N–H and O–H groups in total. The summed E-state index contributed by atoms with van der Waals surface area (Å²) < 4.78 is 0. The fourth-order valence-electron chi connectivity index (χ4n) is 2.74. The number of nitrogens with zero attached hydrogens (tertiary/aromatic N) is 1. The van der Waals surface area contributed by atoms with E-state index >= 15 is 0 Å². The van der Waals surface area contributed by atoms with E-state index < -0.39 is 0 Å². The third-order valence-corrected chi connectivity index (χ3v) is 5.46. The molecule has 1 amide bonds. The highest BCUT2D eigenvalue weighted by Crippen LogP contribution is 2.20. The maximum atomic E-state index is 12.3. The largest absolute Gasteiger partial charge is 0.353 e. The highest BCUT2D eigenvalue weighted by atomic mass is 32.2.